The van der Waals surface area contributed by atoms with Crippen LogP contribution in [0.3, 0.4) is 0 Å². The molecular formula is C19H22FN3O2. The van der Waals surface area contributed by atoms with Crippen LogP contribution in [0.2, 0.25) is 0 Å². The van der Waals surface area contributed by atoms with E-state index < -0.39 is 0 Å². The molecule has 1 fully saturated rings. The van der Waals surface area contributed by atoms with E-state index in [1.807, 2.05) is 13.0 Å². The number of benzene rings is 1. The van der Waals surface area contributed by atoms with E-state index in [2.05, 4.69) is 9.88 Å². The van der Waals surface area contributed by atoms with Crippen LogP contribution in [-0.2, 0) is 4.74 Å². The van der Waals surface area contributed by atoms with Crippen LogP contribution in [0.15, 0.2) is 42.6 Å². The van der Waals surface area contributed by atoms with Gasteiger partial charge in [-0.2, -0.15) is 0 Å². The lowest BCUT2D eigenvalue weighted by atomic mass is 10.1. The van der Waals surface area contributed by atoms with Gasteiger partial charge in [0.25, 0.3) is 5.91 Å². The molecule has 0 aliphatic carbocycles. The number of pyridine rings is 1. The maximum absolute atomic E-state index is 13.1. The monoisotopic (exact) mass is 343 g/mol. The molecule has 0 unspecified atom stereocenters. The van der Waals surface area contributed by atoms with Crippen molar-refractivity contribution in [3.8, 4) is 0 Å². The lowest BCUT2D eigenvalue weighted by molar-refractivity contribution is 0.0395. The maximum atomic E-state index is 13.1. The molecule has 5 nitrogen and oxygen atoms in total. The zero-order valence-corrected chi connectivity index (χ0v) is 14.5. The van der Waals surface area contributed by atoms with E-state index in [0.717, 1.165) is 17.9 Å². The first-order chi connectivity index (χ1) is 12.1. The van der Waals surface area contributed by atoms with Gasteiger partial charge in [0, 0.05) is 32.9 Å². The predicted molar refractivity (Wildman–Crippen MR) is 94.2 cm³/mol. The first-order valence-corrected chi connectivity index (χ1v) is 8.42. The highest BCUT2D eigenvalue weighted by molar-refractivity contribution is 5.93. The van der Waals surface area contributed by atoms with Gasteiger partial charge in [0.1, 0.15) is 17.7 Å². The molecule has 1 saturated heterocycles. The number of ether oxygens (including phenoxy) is 1. The largest absolute Gasteiger partial charge is 0.370 e. The van der Waals surface area contributed by atoms with Crippen molar-refractivity contribution in [3.63, 3.8) is 0 Å². The second-order valence-electron chi connectivity index (χ2n) is 6.08. The number of carbonyl (C=O) groups excluding carboxylic acids is 1. The number of rotatable bonds is 4. The van der Waals surface area contributed by atoms with Crippen LogP contribution < -0.4 is 4.90 Å². The molecule has 3 rings (SSSR count). The molecule has 1 aromatic heterocycles. The van der Waals surface area contributed by atoms with Crippen molar-refractivity contribution in [2.75, 3.05) is 38.2 Å². The standard InChI is InChI=1S/C19H22FN3O2/c1-3-22(2)19(24)15-6-9-18(21-12-15)23-10-11-25-17(13-23)14-4-7-16(20)8-5-14/h4-9,12,17H,3,10-11,13H2,1-2H3/t17-/m1/s1. The van der Waals surface area contributed by atoms with Crippen molar-refractivity contribution in [2.45, 2.75) is 13.0 Å². The first kappa shape index (κ1) is 17.4. The summed E-state index contributed by atoms with van der Waals surface area (Å²) in [5.74, 6) is 0.522. The molecule has 0 saturated carbocycles. The third-order valence-electron chi connectivity index (χ3n) is 4.45. The van der Waals surface area contributed by atoms with E-state index in [-0.39, 0.29) is 17.8 Å². The van der Waals surface area contributed by atoms with Gasteiger partial charge >= 0.3 is 0 Å². The molecule has 6 heteroatoms. The minimum Gasteiger partial charge on any atom is -0.370 e. The van der Waals surface area contributed by atoms with Gasteiger partial charge in [-0.1, -0.05) is 12.1 Å². The van der Waals surface area contributed by atoms with E-state index in [4.69, 9.17) is 4.74 Å². The van der Waals surface area contributed by atoms with Crippen LogP contribution in [0.5, 0.6) is 0 Å². The molecule has 1 aromatic carbocycles. The van der Waals surface area contributed by atoms with Crippen molar-refractivity contribution >= 4 is 11.7 Å². The summed E-state index contributed by atoms with van der Waals surface area (Å²) in [4.78, 5) is 20.4. The third-order valence-corrected chi connectivity index (χ3v) is 4.45. The fraction of sp³-hybridized carbons (Fsp3) is 0.368. The number of morpholine rings is 1. The summed E-state index contributed by atoms with van der Waals surface area (Å²) < 4.78 is 18.9. The fourth-order valence-corrected chi connectivity index (χ4v) is 2.80. The second-order valence-corrected chi connectivity index (χ2v) is 6.08. The summed E-state index contributed by atoms with van der Waals surface area (Å²) in [5, 5.41) is 0. The number of nitrogens with zero attached hydrogens (tertiary/aromatic N) is 3. The molecule has 1 aliphatic rings. The van der Waals surface area contributed by atoms with Gasteiger partial charge in [-0.3, -0.25) is 4.79 Å². The summed E-state index contributed by atoms with van der Waals surface area (Å²) in [5.41, 5.74) is 1.53. The molecule has 0 spiro atoms. The number of hydrogen-bond donors (Lipinski definition) is 0. The van der Waals surface area contributed by atoms with Crippen LogP contribution in [-0.4, -0.2) is 49.1 Å². The minimum atomic E-state index is -0.254. The smallest absolute Gasteiger partial charge is 0.255 e. The highest BCUT2D eigenvalue weighted by Crippen LogP contribution is 2.25. The molecule has 132 valence electrons. The summed E-state index contributed by atoms with van der Waals surface area (Å²) >= 11 is 0. The van der Waals surface area contributed by atoms with E-state index in [1.54, 1.807) is 36.3 Å². The number of aromatic nitrogens is 1. The summed E-state index contributed by atoms with van der Waals surface area (Å²) in [6.07, 6.45) is 1.50. The Hall–Kier alpha value is -2.47. The van der Waals surface area contributed by atoms with Crippen LogP contribution in [0.1, 0.15) is 28.9 Å². The first-order valence-electron chi connectivity index (χ1n) is 8.42. The lowest BCUT2D eigenvalue weighted by Crippen LogP contribution is -2.38. The van der Waals surface area contributed by atoms with Gasteiger partial charge < -0.3 is 14.5 Å². The SMILES string of the molecule is CCN(C)C(=O)c1ccc(N2CCO[C@@H](c3ccc(F)cc3)C2)nc1. The average molecular weight is 343 g/mol. The van der Waals surface area contributed by atoms with Gasteiger partial charge in [-0.25, -0.2) is 9.37 Å². The molecule has 0 bridgehead atoms. The number of amides is 1. The molecular weight excluding hydrogens is 321 g/mol. The number of halogens is 1. The minimum absolute atomic E-state index is 0.0345. The van der Waals surface area contributed by atoms with Crippen LogP contribution in [0.25, 0.3) is 0 Å². The number of anilines is 1. The Balaban J connectivity index is 1.71. The summed E-state index contributed by atoms with van der Waals surface area (Å²) in [6, 6.07) is 10.1. The topological polar surface area (TPSA) is 45.7 Å². The average Bonchev–Trinajstić information content (AvgIpc) is 2.67. The van der Waals surface area contributed by atoms with Crippen molar-refractivity contribution in [2.24, 2.45) is 0 Å². The Morgan fingerprint density at radius 3 is 2.72 bits per heavy atom. The summed E-state index contributed by atoms with van der Waals surface area (Å²) in [6.45, 7) is 4.53. The second kappa shape index (κ2) is 7.61. The van der Waals surface area contributed by atoms with Gasteiger partial charge in [-0.15, -0.1) is 0 Å². The Morgan fingerprint density at radius 1 is 1.32 bits per heavy atom. The fourth-order valence-electron chi connectivity index (χ4n) is 2.80. The zero-order chi connectivity index (χ0) is 17.8. The molecule has 0 radical (unpaired) electrons. The molecule has 2 heterocycles. The van der Waals surface area contributed by atoms with Crippen molar-refractivity contribution < 1.29 is 13.9 Å². The Kier molecular flexibility index (Phi) is 5.28. The van der Waals surface area contributed by atoms with Gasteiger partial charge in [0.05, 0.1) is 12.2 Å². The Labute approximate surface area is 147 Å². The van der Waals surface area contributed by atoms with Gasteiger partial charge in [-0.05, 0) is 36.8 Å². The van der Waals surface area contributed by atoms with Crippen LogP contribution in [0.4, 0.5) is 10.2 Å². The highest BCUT2D eigenvalue weighted by atomic mass is 19.1. The maximum Gasteiger partial charge on any atom is 0.255 e. The Morgan fingerprint density at radius 2 is 2.08 bits per heavy atom. The highest BCUT2D eigenvalue weighted by Gasteiger charge is 2.23. The van der Waals surface area contributed by atoms with E-state index >= 15 is 0 Å². The molecule has 1 aliphatic heterocycles. The number of hydrogen-bond acceptors (Lipinski definition) is 4. The molecule has 1 amide bonds. The summed E-state index contributed by atoms with van der Waals surface area (Å²) in [7, 11) is 1.77. The van der Waals surface area contributed by atoms with Gasteiger partial charge in [0.2, 0.25) is 0 Å². The third kappa shape index (κ3) is 3.96. The predicted octanol–water partition coefficient (Wildman–Crippen LogP) is 2.89. The van der Waals surface area contributed by atoms with Gasteiger partial charge in [0.15, 0.2) is 0 Å². The number of carbonyl (C=O) groups is 1. The quantitative estimate of drug-likeness (QED) is 0.856. The molecule has 0 N–H and O–H groups in total. The van der Waals surface area contributed by atoms with Crippen molar-refractivity contribution in [1.29, 1.82) is 0 Å². The molecule has 2 aromatic rings. The van der Waals surface area contributed by atoms with Crippen LogP contribution in [0, 0.1) is 5.82 Å². The van der Waals surface area contributed by atoms with E-state index in [1.165, 1.54) is 12.1 Å². The van der Waals surface area contributed by atoms with Crippen LogP contribution >= 0.6 is 0 Å². The van der Waals surface area contributed by atoms with E-state index in [9.17, 15) is 9.18 Å². The Bertz CT molecular complexity index is 718. The normalized spacial score (nSPS) is 17.4. The van der Waals surface area contributed by atoms with Crippen molar-refractivity contribution in [1.82, 2.24) is 9.88 Å². The van der Waals surface area contributed by atoms with E-state index in [0.29, 0.717) is 25.3 Å². The molecule has 25 heavy (non-hydrogen) atoms. The lowest BCUT2D eigenvalue weighted by Gasteiger charge is -2.34. The molecule has 1 atom stereocenters. The van der Waals surface area contributed by atoms with Crippen molar-refractivity contribution in [3.05, 3.63) is 59.5 Å². The zero-order valence-electron chi connectivity index (χ0n) is 14.5.